The number of nitro groups is 1. The maximum Gasteiger partial charge on any atom is 0.311 e. The molecule has 2 N–H and O–H groups in total. The zero-order valence-electron chi connectivity index (χ0n) is 8.77. The number of hydrogen-bond acceptors (Lipinski definition) is 5. The van der Waals surface area contributed by atoms with E-state index in [1.807, 2.05) is 0 Å². The van der Waals surface area contributed by atoms with Gasteiger partial charge in [0.15, 0.2) is 0 Å². The van der Waals surface area contributed by atoms with E-state index < -0.39 is 4.92 Å². The standard InChI is InChI=1S/C9H12N4O3/c1-2-10-8(14)6-12-9-7(13(15)16)4-3-5-11-9/h3-5H,2,6H2,1H3,(H,10,14)(H,11,12). The fraction of sp³-hybridized carbons (Fsp3) is 0.333. The summed E-state index contributed by atoms with van der Waals surface area (Å²) in [5, 5.41) is 15.8. The first kappa shape index (κ1) is 11.9. The fourth-order valence-corrected chi connectivity index (χ4v) is 1.10. The molecule has 1 amide bonds. The van der Waals surface area contributed by atoms with Gasteiger partial charge in [-0.05, 0) is 13.0 Å². The second kappa shape index (κ2) is 5.64. The van der Waals surface area contributed by atoms with Crippen LogP contribution in [0.5, 0.6) is 0 Å². The van der Waals surface area contributed by atoms with Crippen LogP contribution in [0.15, 0.2) is 18.3 Å². The van der Waals surface area contributed by atoms with Crippen LogP contribution >= 0.6 is 0 Å². The maximum absolute atomic E-state index is 11.1. The summed E-state index contributed by atoms with van der Waals surface area (Å²) in [6, 6.07) is 2.79. The number of likely N-dealkylation sites (N-methyl/N-ethyl adjacent to an activating group) is 1. The van der Waals surface area contributed by atoms with Gasteiger partial charge < -0.3 is 10.6 Å². The van der Waals surface area contributed by atoms with Gasteiger partial charge in [0.25, 0.3) is 0 Å². The molecule has 0 aromatic carbocycles. The molecule has 7 heteroatoms. The van der Waals surface area contributed by atoms with Gasteiger partial charge in [-0.3, -0.25) is 14.9 Å². The smallest absolute Gasteiger partial charge is 0.311 e. The first-order valence-corrected chi connectivity index (χ1v) is 4.75. The Balaban J connectivity index is 2.66. The Labute approximate surface area is 92.0 Å². The number of carbonyl (C=O) groups excluding carboxylic acids is 1. The zero-order valence-corrected chi connectivity index (χ0v) is 8.77. The topological polar surface area (TPSA) is 97.2 Å². The molecular weight excluding hydrogens is 212 g/mol. The van der Waals surface area contributed by atoms with Crippen molar-refractivity contribution in [2.24, 2.45) is 0 Å². The molecule has 86 valence electrons. The molecule has 0 aliphatic rings. The normalized spacial score (nSPS) is 9.56. The average Bonchev–Trinajstić information content (AvgIpc) is 2.27. The average molecular weight is 224 g/mol. The second-order valence-electron chi connectivity index (χ2n) is 2.94. The Bertz CT molecular complexity index is 394. The summed E-state index contributed by atoms with van der Waals surface area (Å²) in [4.78, 5) is 25.0. The highest BCUT2D eigenvalue weighted by Gasteiger charge is 2.14. The number of anilines is 1. The van der Waals surface area contributed by atoms with Crippen LogP contribution in [0.2, 0.25) is 0 Å². The van der Waals surface area contributed by atoms with E-state index in [9.17, 15) is 14.9 Å². The highest BCUT2D eigenvalue weighted by Crippen LogP contribution is 2.19. The van der Waals surface area contributed by atoms with Gasteiger partial charge in [0.2, 0.25) is 11.7 Å². The third-order valence-electron chi connectivity index (χ3n) is 1.77. The molecule has 7 nitrogen and oxygen atoms in total. The number of rotatable bonds is 5. The van der Waals surface area contributed by atoms with Crippen LogP contribution in [0.4, 0.5) is 11.5 Å². The van der Waals surface area contributed by atoms with Gasteiger partial charge in [-0.1, -0.05) is 0 Å². The molecule has 0 aliphatic heterocycles. The Morgan fingerprint density at radius 2 is 2.38 bits per heavy atom. The van der Waals surface area contributed by atoms with E-state index in [2.05, 4.69) is 15.6 Å². The zero-order chi connectivity index (χ0) is 12.0. The van der Waals surface area contributed by atoms with Crippen LogP contribution < -0.4 is 10.6 Å². The molecular formula is C9H12N4O3. The molecule has 1 rings (SSSR count). The highest BCUT2D eigenvalue weighted by atomic mass is 16.6. The van der Waals surface area contributed by atoms with Crippen molar-refractivity contribution in [1.29, 1.82) is 0 Å². The summed E-state index contributed by atoms with van der Waals surface area (Å²) in [6.45, 7) is 2.28. The molecule has 0 fully saturated rings. The molecule has 1 aromatic rings. The molecule has 16 heavy (non-hydrogen) atoms. The van der Waals surface area contributed by atoms with Crippen molar-refractivity contribution in [2.75, 3.05) is 18.4 Å². The number of carbonyl (C=O) groups is 1. The molecule has 1 aromatic heterocycles. The van der Waals surface area contributed by atoms with Crippen LogP contribution in [-0.2, 0) is 4.79 Å². The summed E-state index contributed by atoms with van der Waals surface area (Å²) in [6.07, 6.45) is 1.42. The first-order chi connectivity index (χ1) is 7.65. The highest BCUT2D eigenvalue weighted by molar-refractivity contribution is 5.81. The Morgan fingerprint density at radius 1 is 1.62 bits per heavy atom. The van der Waals surface area contributed by atoms with Crippen molar-refractivity contribution in [3.63, 3.8) is 0 Å². The van der Waals surface area contributed by atoms with Crippen LogP contribution in [-0.4, -0.2) is 28.9 Å². The Morgan fingerprint density at radius 3 is 3.00 bits per heavy atom. The molecule has 0 saturated heterocycles. The lowest BCUT2D eigenvalue weighted by Gasteiger charge is -2.05. The monoisotopic (exact) mass is 224 g/mol. The Kier molecular flexibility index (Phi) is 4.19. The van der Waals surface area contributed by atoms with Crippen molar-refractivity contribution in [2.45, 2.75) is 6.92 Å². The summed E-state index contributed by atoms with van der Waals surface area (Å²) in [5.74, 6) is -0.138. The van der Waals surface area contributed by atoms with Gasteiger partial charge in [0.05, 0.1) is 11.5 Å². The van der Waals surface area contributed by atoms with Crippen LogP contribution in [0.1, 0.15) is 6.92 Å². The van der Waals surface area contributed by atoms with Crippen molar-refractivity contribution < 1.29 is 9.72 Å². The third-order valence-corrected chi connectivity index (χ3v) is 1.77. The molecule has 0 aliphatic carbocycles. The van der Waals surface area contributed by atoms with E-state index in [0.717, 1.165) is 0 Å². The molecule has 1 heterocycles. The fourth-order valence-electron chi connectivity index (χ4n) is 1.10. The summed E-state index contributed by atoms with van der Waals surface area (Å²) >= 11 is 0. The largest absolute Gasteiger partial charge is 0.355 e. The number of aromatic nitrogens is 1. The van der Waals surface area contributed by atoms with Crippen molar-refractivity contribution in [3.05, 3.63) is 28.4 Å². The van der Waals surface area contributed by atoms with Gasteiger partial charge >= 0.3 is 5.69 Å². The quantitative estimate of drug-likeness (QED) is 0.562. The van der Waals surface area contributed by atoms with E-state index in [1.165, 1.54) is 18.3 Å². The second-order valence-corrected chi connectivity index (χ2v) is 2.94. The molecule has 0 bridgehead atoms. The predicted octanol–water partition coefficient (Wildman–Crippen LogP) is 0.538. The van der Waals surface area contributed by atoms with Gasteiger partial charge in [-0.15, -0.1) is 0 Å². The van der Waals surface area contributed by atoms with E-state index in [-0.39, 0.29) is 24.0 Å². The summed E-state index contributed by atoms with van der Waals surface area (Å²) in [7, 11) is 0. The number of nitrogens with zero attached hydrogens (tertiary/aromatic N) is 2. The van der Waals surface area contributed by atoms with Gasteiger partial charge in [-0.2, -0.15) is 0 Å². The van der Waals surface area contributed by atoms with E-state index >= 15 is 0 Å². The van der Waals surface area contributed by atoms with Crippen molar-refractivity contribution in [3.8, 4) is 0 Å². The molecule has 0 saturated carbocycles. The lowest BCUT2D eigenvalue weighted by Crippen LogP contribution is -2.29. The molecule has 0 atom stereocenters. The molecule has 0 radical (unpaired) electrons. The Hall–Kier alpha value is -2.18. The number of amides is 1. The summed E-state index contributed by atoms with van der Waals surface area (Å²) in [5.41, 5.74) is -0.146. The minimum Gasteiger partial charge on any atom is -0.355 e. The minimum absolute atomic E-state index is 0.0360. The van der Waals surface area contributed by atoms with Gasteiger partial charge in [-0.25, -0.2) is 4.98 Å². The van der Waals surface area contributed by atoms with E-state index in [1.54, 1.807) is 6.92 Å². The minimum atomic E-state index is -0.549. The van der Waals surface area contributed by atoms with Gasteiger partial charge in [0, 0.05) is 18.8 Å². The predicted molar refractivity (Wildman–Crippen MR) is 58.1 cm³/mol. The molecule has 0 spiro atoms. The SMILES string of the molecule is CCNC(=O)CNc1ncccc1[N+](=O)[O-]. The number of nitrogens with one attached hydrogen (secondary N) is 2. The third kappa shape index (κ3) is 3.19. The van der Waals surface area contributed by atoms with Crippen molar-refractivity contribution in [1.82, 2.24) is 10.3 Å². The van der Waals surface area contributed by atoms with E-state index in [4.69, 9.17) is 0 Å². The van der Waals surface area contributed by atoms with Gasteiger partial charge in [0.1, 0.15) is 0 Å². The van der Waals surface area contributed by atoms with E-state index in [0.29, 0.717) is 6.54 Å². The number of hydrogen-bond donors (Lipinski definition) is 2. The van der Waals surface area contributed by atoms with Crippen LogP contribution in [0.25, 0.3) is 0 Å². The van der Waals surface area contributed by atoms with Crippen LogP contribution in [0.3, 0.4) is 0 Å². The first-order valence-electron chi connectivity index (χ1n) is 4.75. The number of pyridine rings is 1. The van der Waals surface area contributed by atoms with Crippen LogP contribution in [0, 0.1) is 10.1 Å². The molecule has 0 unspecified atom stereocenters. The lowest BCUT2D eigenvalue weighted by atomic mass is 10.4. The summed E-state index contributed by atoms with van der Waals surface area (Å²) < 4.78 is 0. The maximum atomic E-state index is 11.1. The van der Waals surface area contributed by atoms with Crippen molar-refractivity contribution >= 4 is 17.4 Å². The lowest BCUT2D eigenvalue weighted by molar-refractivity contribution is -0.384.